The molecule has 0 saturated heterocycles. The van der Waals surface area contributed by atoms with E-state index in [1.54, 1.807) is 36.4 Å². The summed E-state index contributed by atoms with van der Waals surface area (Å²) in [5.74, 6) is 0.248. The fourth-order valence-electron chi connectivity index (χ4n) is 3.03. The minimum Gasteiger partial charge on any atom is -0.384 e. The number of carbonyl (C=O) groups excluding carboxylic acids is 2. The van der Waals surface area contributed by atoms with Gasteiger partial charge in [0.2, 0.25) is 5.91 Å². The lowest BCUT2D eigenvalue weighted by molar-refractivity contribution is -0.120. The topological polar surface area (TPSA) is 97.1 Å². The van der Waals surface area contributed by atoms with Crippen LogP contribution in [0.1, 0.15) is 42.5 Å². The highest BCUT2D eigenvalue weighted by Crippen LogP contribution is 2.25. The monoisotopic (exact) mass is 374 g/mol. The van der Waals surface area contributed by atoms with Gasteiger partial charge in [-0.25, -0.2) is 4.98 Å². The van der Waals surface area contributed by atoms with Gasteiger partial charge in [-0.1, -0.05) is 25.3 Å². The van der Waals surface area contributed by atoms with Crippen molar-refractivity contribution in [3.63, 3.8) is 0 Å². The first-order valence-corrected chi connectivity index (χ1v) is 8.55. The Bertz CT molecular complexity index is 758. The number of nitrogens with zero attached hydrogens (tertiary/aromatic N) is 1. The molecule has 1 heterocycles. The van der Waals surface area contributed by atoms with E-state index in [0.717, 1.165) is 25.7 Å². The van der Waals surface area contributed by atoms with Gasteiger partial charge in [-0.2, -0.15) is 0 Å². The second kappa shape index (κ2) is 9.20. The minimum absolute atomic E-state index is 0. The molecular formula is C19H23ClN4O2. The van der Waals surface area contributed by atoms with Gasteiger partial charge in [0, 0.05) is 17.2 Å². The Hall–Kier alpha value is -2.60. The van der Waals surface area contributed by atoms with E-state index in [4.69, 9.17) is 5.73 Å². The lowest BCUT2D eigenvalue weighted by Gasteiger charge is -2.20. The van der Waals surface area contributed by atoms with Crippen molar-refractivity contribution in [2.45, 2.75) is 32.1 Å². The molecule has 1 aromatic heterocycles. The normalized spacial score (nSPS) is 14.2. The number of benzene rings is 1. The van der Waals surface area contributed by atoms with Crippen molar-refractivity contribution < 1.29 is 9.59 Å². The molecule has 1 fully saturated rings. The van der Waals surface area contributed by atoms with E-state index in [-0.39, 0.29) is 30.1 Å². The molecule has 0 aliphatic heterocycles. The summed E-state index contributed by atoms with van der Waals surface area (Å²) in [5, 5.41) is 5.69. The molecule has 1 aliphatic carbocycles. The molecule has 1 saturated carbocycles. The molecule has 6 nitrogen and oxygen atoms in total. The SMILES string of the molecule is Cl.Nc1ccc(NC(=O)c2cccc(NC(=O)C3CCCCC3)c2)cn1. The number of hydrogen-bond donors (Lipinski definition) is 3. The second-order valence-electron chi connectivity index (χ2n) is 6.33. The van der Waals surface area contributed by atoms with E-state index in [2.05, 4.69) is 15.6 Å². The number of amides is 2. The lowest BCUT2D eigenvalue weighted by atomic mass is 9.88. The number of nitrogens with one attached hydrogen (secondary N) is 2. The summed E-state index contributed by atoms with van der Waals surface area (Å²) in [7, 11) is 0. The summed E-state index contributed by atoms with van der Waals surface area (Å²) < 4.78 is 0. The van der Waals surface area contributed by atoms with Crippen molar-refractivity contribution in [2.75, 3.05) is 16.4 Å². The van der Waals surface area contributed by atoms with Crippen LogP contribution in [0.15, 0.2) is 42.6 Å². The molecule has 4 N–H and O–H groups in total. The van der Waals surface area contributed by atoms with E-state index in [0.29, 0.717) is 22.8 Å². The summed E-state index contributed by atoms with van der Waals surface area (Å²) in [5.41, 5.74) is 7.21. The fourth-order valence-corrected chi connectivity index (χ4v) is 3.03. The highest BCUT2D eigenvalue weighted by Gasteiger charge is 2.21. The highest BCUT2D eigenvalue weighted by atomic mass is 35.5. The molecule has 2 aromatic rings. The predicted octanol–water partition coefficient (Wildman–Crippen LogP) is 3.86. The van der Waals surface area contributed by atoms with Gasteiger partial charge in [-0.05, 0) is 43.2 Å². The van der Waals surface area contributed by atoms with Crippen LogP contribution in [0.25, 0.3) is 0 Å². The van der Waals surface area contributed by atoms with Gasteiger partial charge in [0.05, 0.1) is 11.9 Å². The van der Waals surface area contributed by atoms with Crippen molar-refractivity contribution in [3.8, 4) is 0 Å². The summed E-state index contributed by atoms with van der Waals surface area (Å²) in [6.07, 6.45) is 6.81. The molecule has 0 bridgehead atoms. The Morgan fingerprint density at radius 1 is 1.00 bits per heavy atom. The van der Waals surface area contributed by atoms with Crippen LogP contribution < -0.4 is 16.4 Å². The average molecular weight is 375 g/mol. The van der Waals surface area contributed by atoms with Crippen LogP contribution >= 0.6 is 12.4 Å². The highest BCUT2D eigenvalue weighted by molar-refractivity contribution is 6.05. The zero-order valence-electron chi connectivity index (χ0n) is 14.4. The van der Waals surface area contributed by atoms with Gasteiger partial charge in [-0.3, -0.25) is 9.59 Å². The van der Waals surface area contributed by atoms with Gasteiger partial charge in [0.25, 0.3) is 5.91 Å². The van der Waals surface area contributed by atoms with Crippen LogP contribution in [-0.4, -0.2) is 16.8 Å². The molecule has 3 rings (SSSR count). The van der Waals surface area contributed by atoms with E-state index in [1.165, 1.54) is 12.6 Å². The number of nitrogens with two attached hydrogens (primary N) is 1. The second-order valence-corrected chi connectivity index (χ2v) is 6.33. The minimum atomic E-state index is -0.264. The third-order valence-corrected chi connectivity index (χ3v) is 4.41. The number of rotatable bonds is 4. The number of halogens is 1. The molecule has 0 atom stereocenters. The smallest absolute Gasteiger partial charge is 0.255 e. The molecule has 0 radical (unpaired) electrons. The molecule has 0 unspecified atom stereocenters. The number of pyridine rings is 1. The molecule has 26 heavy (non-hydrogen) atoms. The average Bonchev–Trinajstić information content (AvgIpc) is 2.64. The summed E-state index contributed by atoms with van der Waals surface area (Å²) in [6.45, 7) is 0. The third kappa shape index (κ3) is 5.20. The first-order valence-electron chi connectivity index (χ1n) is 8.55. The Balaban J connectivity index is 0.00000243. The van der Waals surface area contributed by atoms with Crippen molar-refractivity contribution >= 4 is 41.4 Å². The summed E-state index contributed by atoms with van der Waals surface area (Å²) >= 11 is 0. The fraction of sp³-hybridized carbons (Fsp3) is 0.316. The number of carbonyl (C=O) groups is 2. The standard InChI is InChI=1S/C19H22N4O2.ClH/c20-17-10-9-16(12-21-17)23-19(25)14-7-4-8-15(11-14)22-18(24)13-5-2-1-3-6-13;/h4,7-13H,1-3,5-6H2,(H2,20,21)(H,22,24)(H,23,25);1H. The summed E-state index contributed by atoms with van der Waals surface area (Å²) in [4.78, 5) is 28.6. The van der Waals surface area contributed by atoms with Gasteiger partial charge < -0.3 is 16.4 Å². The molecule has 1 aliphatic rings. The maximum Gasteiger partial charge on any atom is 0.255 e. The van der Waals surface area contributed by atoms with Crippen LogP contribution in [0, 0.1) is 5.92 Å². The van der Waals surface area contributed by atoms with Crippen molar-refractivity contribution in [3.05, 3.63) is 48.2 Å². The van der Waals surface area contributed by atoms with Gasteiger partial charge in [-0.15, -0.1) is 12.4 Å². The molecule has 2 amide bonds. The number of hydrogen-bond acceptors (Lipinski definition) is 4. The van der Waals surface area contributed by atoms with Gasteiger partial charge in [0.1, 0.15) is 5.82 Å². The van der Waals surface area contributed by atoms with E-state index < -0.39 is 0 Å². The van der Waals surface area contributed by atoms with Crippen LogP contribution in [0.3, 0.4) is 0 Å². The van der Waals surface area contributed by atoms with Crippen LogP contribution in [0.4, 0.5) is 17.2 Å². The zero-order chi connectivity index (χ0) is 17.6. The van der Waals surface area contributed by atoms with E-state index >= 15 is 0 Å². The largest absolute Gasteiger partial charge is 0.384 e. The van der Waals surface area contributed by atoms with Gasteiger partial charge >= 0.3 is 0 Å². The van der Waals surface area contributed by atoms with E-state index in [1.807, 2.05) is 0 Å². The van der Waals surface area contributed by atoms with Gasteiger partial charge in [0.15, 0.2) is 0 Å². The van der Waals surface area contributed by atoms with Crippen molar-refractivity contribution in [1.82, 2.24) is 4.98 Å². The predicted molar refractivity (Wildman–Crippen MR) is 105 cm³/mol. The number of anilines is 3. The van der Waals surface area contributed by atoms with E-state index in [9.17, 15) is 9.59 Å². The Morgan fingerprint density at radius 2 is 1.77 bits per heavy atom. The number of nitrogen functional groups attached to an aromatic ring is 1. The number of aromatic nitrogens is 1. The van der Waals surface area contributed by atoms with Crippen LogP contribution in [0.2, 0.25) is 0 Å². The third-order valence-electron chi connectivity index (χ3n) is 4.41. The quantitative estimate of drug-likeness (QED) is 0.756. The maximum absolute atomic E-state index is 12.4. The van der Waals surface area contributed by atoms with Crippen LogP contribution in [0.5, 0.6) is 0 Å². The summed E-state index contributed by atoms with van der Waals surface area (Å²) in [6, 6.07) is 10.2. The first kappa shape index (κ1) is 19.7. The van der Waals surface area contributed by atoms with Crippen LogP contribution in [-0.2, 0) is 4.79 Å². The lowest BCUT2D eigenvalue weighted by Crippen LogP contribution is -2.24. The molecule has 7 heteroatoms. The van der Waals surface area contributed by atoms with Crippen molar-refractivity contribution in [2.24, 2.45) is 5.92 Å². The molecule has 0 spiro atoms. The first-order chi connectivity index (χ1) is 12.1. The molecular weight excluding hydrogens is 352 g/mol. The Labute approximate surface area is 159 Å². The molecule has 138 valence electrons. The Kier molecular flexibility index (Phi) is 6.97. The zero-order valence-corrected chi connectivity index (χ0v) is 15.2. The maximum atomic E-state index is 12.4. The van der Waals surface area contributed by atoms with Crippen molar-refractivity contribution in [1.29, 1.82) is 0 Å². The molecule has 1 aromatic carbocycles. The Morgan fingerprint density at radius 3 is 2.46 bits per heavy atom.